The van der Waals surface area contributed by atoms with Crippen molar-refractivity contribution in [3.8, 4) is 0 Å². The third-order valence-electron chi connectivity index (χ3n) is 3.08. The van der Waals surface area contributed by atoms with Gasteiger partial charge >= 0.3 is 0 Å². The van der Waals surface area contributed by atoms with E-state index in [0.717, 1.165) is 16.9 Å². The summed E-state index contributed by atoms with van der Waals surface area (Å²) in [5.41, 5.74) is 1.98. The summed E-state index contributed by atoms with van der Waals surface area (Å²) in [6.07, 6.45) is 5.07. The van der Waals surface area contributed by atoms with E-state index in [9.17, 15) is 0 Å². The second-order valence-electron chi connectivity index (χ2n) is 4.54. The molecule has 0 aliphatic heterocycles. The Balaban J connectivity index is 2.04. The highest BCUT2D eigenvalue weighted by atomic mass is 35.5. The number of halogens is 1. The second kappa shape index (κ2) is 5.05. The Hall–Kier alpha value is -2.21. The molecule has 3 aromatic heterocycles. The summed E-state index contributed by atoms with van der Waals surface area (Å²) in [7, 11) is 1.98. The number of aromatic nitrogens is 5. The van der Waals surface area contributed by atoms with E-state index in [0.29, 0.717) is 17.5 Å². The van der Waals surface area contributed by atoms with Gasteiger partial charge in [-0.1, -0.05) is 17.7 Å². The molecule has 0 radical (unpaired) electrons. The van der Waals surface area contributed by atoms with Gasteiger partial charge < -0.3 is 4.90 Å². The van der Waals surface area contributed by atoms with E-state index in [1.54, 1.807) is 10.7 Å². The van der Waals surface area contributed by atoms with Crippen LogP contribution in [0.4, 0.5) is 5.82 Å². The van der Waals surface area contributed by atoms with Gasteiger partial charge in [0.25, 0.3) is 5.78 Å². The summed E-state index contributed by atoms with van der Waals surface area (Å²) in [5, 5.41) is 4.65. The molecule has 0 saturated heterocycles. The van der Waals surface area contributed by atoms with Crippen molar-refractivity contribution >= 4 is 23.2 Å². The standard InChI is InChI=1S/C13H13ClN6/c1-9-11(14)18-13-16-8-17-20(13)12(9)19(2)7-10-4-3-5-15-6-10/h3-6,8H,7H2,1-2H3. The maximum Gasteiger partial charge on any atom is 0.255 e. The van der Waals surface area contributed by atoms with Crippen molar-refractivity contribution in [2.75, 3.05) is 11.9 Å². The minimum Gasteiger partial charge on any atom is -0.355 e. The molecular weight excluding hydrogens is 276 g/mol. The lowest BCUT2D eigenvalue weighted by Crippen LogP contribution is -2.21. The maximum atomic E-state index is 6.17. The van der Waals surface area contributed by atoms with Gasteiger partial charge in [-0.25, -0.2) is 0 Å². The number of hydrogen-bond acceptors (Lipinski definition) is 5. The van der Waals surface area contributed by atoms with Gasteiger partial charge in [0.05, 0.1) is 0 Å². The van der Waals surface area contributed by atoms with Gasteiger partial charge in [0.15, 0.2) is 0 Å². The molecule has 3 heterocycles. The predicted molar refractivity (Wildman–Crippen MR) is 76.9 cm³/mol. The van der Waals surface area contributed by atoms with Gasteiger partial charge in [-0.05, 0) is 18.6 Å². The molecule has 7 heteroatoms. The van der Waals surface area contributed by atoms with Crippen LogP contribution in [0.1, 0.15) is 11.1 Å². The summed E-state index contributed by atoms with van der Waals surface area (Å²) in [6, 6.07) is 3.95. The zero-order valence-electron chi connectivity index (χ0n) is 11.2. The molecule has 0 fully saturated rings. The monoisotopic (exact) mass is 288 g/mol. The Labute approximate surface area is 121 Å². The zero-order chi connectivity index (χ0) is 14.1. The fraction of sp³-hybridized carbons (Fsp3) is 0.231. The average molecular weight is 289 g/mol. The first-order chi connectivity index (χ1) is 9.66. The van der Waals surface area contributed by atoms with Crippen molar-refractivity contribution in [1.82, 2.24) is 24.6 Å². The fourth-order valence-electron chi connectivity index (χ4n) is 2.17. The van der Waals surface area contributed by atoms with E-state index in [4.69, 9.17) is 11.6 Å². The Morgan fingerprint density at radius 1 is 1.40 bits per heavy atom. The molecule has 0 saturated carbocycles. The lowest BCUT2D eigenvalue weighted by molar-refractivity contribution is 0.821. The molecule has 3 rings (SSSR count). The first-order valence-electron chi connectivity index (χ1n) is 6.12. The molecule has 0 aliphatic rings. The first kappa shape index (κ1) is 12.8. The van der Waals surface area contributed by atoms with Crippen LogP contribution >= 0.6 is 11.6 Å². The molecule has 102 valence electrons. The molecule has 0 amide bonds. The highest BCUT2D eigenvalue weighted by molar-refractivity contribution is 6.30. The highest BCUT2D eigenvalue weighted by Crippen LogP contribution is 2.25. The average Bonchev–Trinajstić information content (AvgIpc) is 2.88. The van der Waals surface area contributed by atoms with Gasteiger partial charge in [0.2, 0.25) is 0 Å². The van der Waals surface area contributed by atoms with Crippen molar-refractivity contribution in [2.24, 2.45) is 0 Å². The van der Waals surface area contributed by atoms with E-state index in [2.05, 4.69) is 25.0 Å². The van der Waals surface area contributed by atoms with Crippen LogP contribution in [0.25, 0.3) is 5.78 Å². The quantitative estimate of drug-likeness (QED) is 0.691. The number of anilines is 1. The molecule has 0 aromatic carbocycles. The number of rotatable bonds is 3. The molecule has 0 aliphatic carbocycles. The Morgan fingerprint density at radius 3 is 3.00 bits per heavy atom. The van der Waals surface area contributed by atoms with Crippen LogP contribution < -0.4 is 4.90 Å². The third kappa shape index (κ3) is 2.18. The van der Waals surface area contributed by atoms with E-state index < -0.39 is 0 Å². The second-order valence-corrected chi connectivity index (χ2v) is 4.90. The zero-order valence-corrected chi connectivity index (χ0v) is 11.9. The van der Waals surface area contributed by atoms with Crippen molar-refractivity contribution in [3.05, 3.63) is 47.1 Å². The number of pyridine rings is 1. The molecular formula is C13H13ClN6. The molecule has 6 nitrogen and oxygen atoms in total. The number of hydrogen-bond donors (Lipinski definition) is 0. The van der Waals surface area contributed by atoms with Crippen molar-refractivity contribution in [1.29, 1.82) is 0 Å². The summed E-state index contributed by atoms with van der Waals surface area (Å²) < 4.78 is 1.69. The number of nitrogens with zero attached hydrogens (tertiary/aromatic N) is 6. The molecule has 0 atom stereocenters. The molecule has 0 bridgehead atoms. The summed E-state index contributed by atoms with van der Waals surface area (Å²) in [5.74, 6) is 1.37. The van der Waals surface area contributed by atoms with E-state index in [1.807, 2.05) is 32.3 Å². The molecule has 0 unspecified atom stereocenters. The third-order valence-corrected chi connectivity index (χ3v) is 3.45. The van der Waals surface area contributed by atoms with Crippen LogP contribution in [0.3, 0.4) is 0 Å². The predicted octanol–water partition coefficient (Wildman–Crippen LogP) is 2.12. The summed E-state index contributed by atoms with van der Waals surface area (Å²) >= 11 is 6.17. The van der Waals surface area contributed by atoms with Gasteiger partial charge in [-0.3, -0.25) is 4.98 Å². The van der Waals surface area contributed by atoms with Crippen LogP contribution in [0, 0.1) is 6.92 Å². The van der Waals surface area contributed by atoms with E-state index in [1.165, 1.54) is 6.33 Å². The first-order valence-corrected chi connectivity index (χ1v) is 6.50. The van der Waals surface area contributed by atoms with Crippen molar-refractivity contribution in [2.45, 2.75) is 13.5 Å². The maximum absolute atomic E-state index is 6.17. The number of fused-ring (bicyclic) bond motifs is 1. The Bertz CT molecular complexity index is 739. The van der Waals surface area contributed by atoms with Crippen LogP contribution in [0.5, 0.6) is 0 Å². The van der Waals surface area contributed by atoms with Gasteiger partial charge in [-0.15, -0.1) is 0 Å². The van der Waals surface area contributed by atoms with Crippen LogP contribution in [0.2, 0.25) is 5.15 Å². The van der Waals surface area contributed by atoms with Gasteiger partial charge in [-0.2, -0.15) is 19.6 Å². The van der Waals surface area contributed by atoms with Crippen LogP contribution in [-0.2, 0) is 6.54 Å². The summed E-state index contributed by atoms with van der Waals surface area (Å²) in [4.78, 5) is 14.5. The van der Waals surface area contributed by atoms with Crippen LogP contribution in [0.15, 0.2) is 30.9 Å². The SMILES string of the molecule is Cc1c(Cl)nc2ncnn2c1N(C)Cc1cccnc1. The molecule has 0 spiro atoms. The van der Waals surface area contributed by atoms with Gasteiger partial charge in [0.1, 0.15) is 17.3 Å². The summed E-state index contributed by atoms with van der Waals surface area (Å²) in [6.45, 7) is 2.62. The van der Waals surface area contributed by atoms with Crippen molar-refractivity contribution in [3.63, 3.8) is 0 Å². The van der Waals surface area contributed by atoms with E-state index in [-0.39, 0.29) is 0 Å². The van der Waals surface area contributed by atoms with Gasteiger partial charge in [0, 0.05) is 31.5 Å². The minimum atomic E-state index is 0.443. The molecule has 3 aromatic rings. The molecule has 20 heavy (non-hydrogen) atoms. The molecule has 0 N–H and O–H groups in total. The minimum absolute atomic E-state index is 0.443. The largest absolute Gasteiger partial charge is 0.355 e. The normalized spacial score (nSPS) is 10.9. The lowest BCUT2D eigenvalue weighted by Gasteiger charge is -2.22. The fourth-order valence-corrected chi connectivity index (χ4v) is 2.33. The van der Waals surface area contributed by atoms with E-state index >= 15 is 0 Å². The lowest BCUT2D eigenvalue weighted by atomic mass is 10.2. The smallest absolute Gasteiger partial charge is 0.255 e. The van der Waals surface area contributed by atoms with Crippen molar-refractivity contribution < 1.29 is 0 Å². The highest BCUT2D eigenvalue weighted by Gasteiger charge is 2.16. The Morgan fingerprint density at radius 2 is 2.25 bits per heavy atom. The topological polar surface area (TPSA) is 59.2 Å². The Kier molecular flexibility index (Phi) is 3.23. The van der Waals surface area contributed by atoms with Crippen LogP contribution in [-0.4, -0.2) is 31.6 Å².